The molecule has 0 spiro atoms. The van der Waals surface area contributed by atoms with Crippen molar-refractivity contribution in [1.82, 2.24) is 14.7 Å². The molecule has 0 radical (unpaired) electrons. The van der Waals surface area contributed by atoms with Gasteiger partial charge in [-0.2, -0.15) is 5.10 Å². The maximum absolute atomic E-state index is 6.06. The number of nitrogens with zero attached hydrogens (tertiary/aromatic N) is 3. The average molecular weight is 369 g/mol. The molecule has 1 aromatic carbocycles. The van der Waals surface area contributed by atoms with E-state index in [0.717, 1.165) is 37.7 Å². The first kappa shape index (κ1) is 17.5. The van der Waals surface area contributed by atoms with Gasteiger partial charge in [0.1, 0.15) is 5.82 Å². The fourth-order valence-electron chi connectivity index (χ4n) is 3.00. The summed E-state index contributed by atoms with van der Waals surface area (Å²) in [6.45, 7) is 8.01. The monoisotopic (exact) mass is 368 g/mol. The maximum atomic E-state index is 6.06. The number of anilines is 1. The Labute approximate surface area is 152 Å². The van der Waals surface area contributed by atoms with Crippen molar-refractivity contribution in [2.75, 3.05) is 31.5 Å². The van der Waals surface area contributed by atoms with E-state index in [9.17, 15) is 0 Å². The highest BCUT2D eigenvalue weighted by Crippen LogP contribution is 2.24. The molecule has 2 unspecified atom stereocenters. The quantitative estimate of drug-likeness (QED) is 0.873. The topological polar surface area (TPSA) is 42.3 Å². The van der Waals surface area contributed by atoms with E-state index in [0.29, 0.717) is 22.3 Å². The number of aromatic nitrogens is 2. The lowest BCUT2D eigenvalue weighted by Gasteiger charge is -2.35. The van der Waals surface area contributed by atoms with E-state index >= 15 is 0 Å². The van der Waals surface area contributed by atoms with Crippen molar-refractivity contribution in [1.29, 1.82) is 0 Å². The Morgan fingerprint density at radius 2 is 1.92 bits per heavy atom. The van der Waals surface area contributed by atoms with Crippen molar-refractivity contribution in [3.63, 3.8) is 0 Å². The molecule has 0 bridgehead atoms. The fourth-order valence-corrected chi connectivity index (χ4v) is 3.29. The summed E-state index contributed by atoms with van der Waals surface area (Å²) < 4.78 is 7.53. The van der Waals surface area contributed by atoms with E-state index in [1.165, 1.54) is 0 Å². The van der Waals surface area contributed by atoms with Crippen molar-refractivity contribution in [2.24, 2.45) is 0 Å². The standard InChI is InChI=1S/C17H22Cl2N4O/c1-12-10-22(11-13(2)24-12)8-6-20-17-5-7-23(21-17)14-3-4-15(18)16(19)9-14/h3-5,7,9,12-13H,6,8,10-11H2,1-2H3,(H,20,21). The predicted molar refractivity (Wildman–Crippen MR) is 98.5 cm³/mol. The van der Waals surface area contributed by atoms with Crippen LogP contribution in [-0.4, -0.2) is 53.1 Å². The molecule has 0 aliphatic carbocycles. The maximum Gasteiger partial charge on any atom is 0.148 e. The Morgan fingerprint density at radius 1 is 1.17 bits per heavy atom. The molecular weight excluding hydrogens is 347 g/mol. The van der Waals surface area contributed by atoms with Gasteiger partial charge >= 0.3 is 0 Å². The van der Waals surface area contributed by atoms with Gasteiger partial charge in [-0.3, -0.25) is 4.90 Å². The first-order chi connectivity index (χ1) is 11.5. The SMILES string of the molecule is CC1CN(CCNc2ccn(-c3ccc(Cl)c(Cl)c3)n2)CC(C)O1. The van der Waals surface area contributed by atoms with Gasteiger partial charge in [0.2, 0.25) is 0 Å². The Morgan fingerprint density at radius 3 is 2.62 bits per heavy atom. The molecule has 1 fully saturated rings. The van der Waals surface area contributed by atoms with Crippen molar-refractivity contribution in [3.8, 4) is 5.69 Å². The van der Waals surface area contributed by atoms with Crippen LogP contribution in [0.2, 0.25) is 10.0 Å². The zero-order chi connectivity index (χ0) is 17.1. The smallest absolute Gasteiger partial charge is 0.148 e. The molecule has 0 saturated carbocycles. The van der Waals surface area contributed by atoms with Gasteiger partial charge < -0.3 is 10.1 Å². The summed E-state index contributed by atoms with van der Waals surface area (Å²) in [7, 11) is 0. The molecule has 130 valence electrons. The Balaban J connectivity index is 1.53. The van der Waals surface area contributed by atoms with Crippen LogP contribution < -0.4 is 5.32 Å². The van der Waals surface area contributed by atoms with Crippen LogP contribution in [0.15, 0.2) is 30.5 Å². The normalized spacial score (nSPS) is 21.8. The molecule has 1 saturated heterocycles. The van der Waals surface area contributed by atoms with Gasteiger partial charge in [-0.15, -0.1) is 0 Å². The zero-order valence-electron chi connectivity index (χ0n) is 13.9. The molecule has 1 aliphatic heterocycles. The average Bonchev–Trinajstić information content (AvgIpc) is 2.98. The minimum atomic E-state index is 0.294. The fraction of sp³-hybridized carbons (Fsp3) is 0.471. The van der Waals surface area contributed by atoms with Crippen LogP contribution in [0.3, 0.4) is 0 Å². The van der Waals surface area contributed by atoms with E-state index in [1.807, 2.05) is 18.3 Å². The van der Waals surface area contributed by atoms with Crippen molar-refractivity contribution >= 4 is 29.0 Å². The van der Waals surface area contributed by atoms with Crippen molar-refractivity contribution in [2.45, 2.75) is 26.1 Å². The van der Waals surface area contributed by atoms with Crippen LogP contribution in [0.5, 0.6) is 0 Å². The highest BCUT2D eigenvalue weighted by Gasteiger charge is 2.21. The number of hydrogen-bond donors (Lipinski definition) is 1. The number of ether oxygens (including phenoxy) is 1. The van der Waals surface area contributed by atoms with E-state index in [2.05, 4.69) is 29.2 Å². The molecule has 2 heterocycles. The van der Waals surface area contributed by atoms with Crippen LogP contribution >= 0.6 is 23.2 Å². The molecule has 1 N–H and O–H groups in total. The van der Waals surface area contributed by atoms with Crippen molar-refractivity contribution < 1.29 is 4.74 Å². The lowest BCUT2D eigenvalue weighted by molar-refractivity contribution is -0.0667. The summed E-state index contributed by atoms with van der Waals surface area (Å²) in [6.07, 6.45) is 2.49. The third-order valence-electron chi connectivity index (χ3n) is 3.99. The predicted octanol–water partition coefficient (Wildman–Crippen LogP) is 3.70. The summed E-state index contributed by atoms with van der Waals surface area (Å²) >= 11 is 12.0. The van der Waals surface area contributed by atoms with E-state index < -0.39 is 0 Å². The first-order valence-corrected chi connectivity index (χ1v) is 8.89. The molecule has 2 aromatic rings. The van der Waals surface area contributed by atoms with Gasteiger partial charge in [-0.25, -0.2) is 4.68 Å². The Hall–Kier alpha value is -1.27. The minimum Gasteiger partial charge on any atom is -0.373 e. The van der Waals surface area contributed by atoms with Crippen molar-refractivity contribution in [3.05, 3.63) is 40.5 Å². The zero-order valence-corrected chi connectivity index (χ0v) is 15.4. The second kappa shape index (κ2) is 7.74. The third kappa shape index (κ3) is 4.42. The molecule has 3 rings (SSSR count). The molecule has 1 aliphatic rings. The summed E-state index contributed by atoms with van der Waals surface area (Å²) in [4.78, 5) is 2.42. The van der Waals surface area contributed by atoms with E-state index in [-0.39, 0.29) is 0 Å². The molecule has 5 nitrogen and oxygen atoms in total. The highest BCUT2D eigenvalue weighted by atomic mass is 35.5. The number of morpholine rings is 1. The Kier molecular flexibility index (Phi) is 5.66. The van der Waals surface area contributed by atoms with Gasteiger partial charge in [0.25, 0.3) is 0 Å². The number of halogens is 2. The van der Waals surface area contributed by atoms with Gasteiger partial charge in [-0.05, 0) is 32.0 Å². The molecular formula is C17H22Cl2N4O. The lowest BCUT2D eigenvalue weighted by Crippen LogP contribution is -2.46. The largest absolute Gasteiger partial charge is 0.373 e. The van der Waals surface area contributed by atoms with Crippen LogP contribution in [-0.2, 0) is 4.74 Å². The lowest BCUT2D eigenvalue weighted by atomic mass is 10.2. The Bertz CT molecular complexity index is 681. The molecule has 2 atom stereocenters. The second-order valence-corrected chi connectivity index (χ2v) is 7.00. The van der Waals surface area contributed by atoms with Gasteiger partial charge in [0.15, 0.2) is 0 Å². The number of rotatable bonds is 5. The van der Waals surface area contributed by atoms with Crippen LogP contribution in [0.4, 0.5) is 5.82 Å². The number of benzene rings is 1. The molecule has 7 heteroatoms. The number of nitrogens with one attached hydrogen (secondary N) is 1. The number of hydrogen-bond acceptors (Lipinski definition) is 4. The molecule has 24 heavy (non-hydrogen) atoms. The van der Waals surface area contributed by atoms with E-state index in [1.54, 1.807) is 16.8 Å². The second-order valence-electron chi connectivity index (χ2n) is 6.19. The van der Waals surface area contributed by atoms with Crippen LogP contribution in [0, 0.1) is 0 Å². The third-order valence-corrected chi connectivity index (χ3v) is 4.73. The molecule has 1 aromatic heterocycles. The molecule has 0 amide bonds. The summed E-state index contributed by atoms with van der Waals surface area (Å²) in [6, 6.07) is 7.42. The van der Waals surface area contributed by atoms with Gasteiger partial charge in [0.05, 0.1) is 27.9 Å². The minimum absolute atomic E-state index is 0.294. The summed E-state index contributed by atoms with van der Waals surface area (Å²) in [5.74, 6) is 0.843. The highest BCUT2D eigenvalue weighted by molar-refractivity contribution is 6.42. The van der Waals surface area contributed by atoms with E-state index in [4.69, 9.17) is 27.9 Å². The first-order valence-electron chi connectivity index (χ1n) is 8.14. The van der Waals surface area contributed by atoms with Gasteiger partial charge in [-0.1, -0.05) is 23.2 Å². The summed E-state index contributed by atoms with van der Waals surface area (Å²) in [5.41, 5.74) is 0.883. The van der Waals surface area contributed by atoms with Crippen LogP contribution in [0.1, 0.15) is 13.8 Å². The van der Waals surface area contributed by atoms with Crippen LogP contribution in [0.25, 0.3) is 5.69 Å². The summed E-state index contributed by atoms with van der Waals surface area (Å²) in [5, 5.41) is 8.95. The van der Waals surface area contributed by atoms with Gasteiger partial charge in [0, 0.05) is 38.4 Å².